The van der Waals surface area contributed by atoms with Crippen molar-refractivity contribution in [3.63, 3.8) is 0 Å². The van der Waals surface area contributed by atoms with Gasteiger partial charge >= 0.3 is 6.18 Å². The molecule has 0 fully saturated rings. The second-order valence-electron chi connectivity index (χ2n) is 7.64. The van der Waals surface area contributed by atoms with E-state index in [1.165, 1.54) is 12.1 Å². The second kappa shape index (κ2) is 11.0. The normalized spacial score (nSPS) is 11.1. The highest BCUT2D eigenvalue weighted by molar-refractivity contribution is 9.10. The van der Waals surface area contributed by atoms with E-state index >= 15 is 0 Å². The van der Waals surface area contributed by atoms with Crippen molar-refractivity contribution in [2.24, 2.45) is 0 Å². The van der Waals surface area contributed by atoms with Gasteiger partial charge in [0.25, 0.3) is 0 Å². The number of carbonyl (C=O) groups excluding carboxylic acids is 1. The number of amides is 1. The van der Waals surface area contributed by atoms with E-state index in [1.807, 2.05) is 30.3 Å². The number of halogens is 4. The van der Waals surface area contributed by atoms with Crippen LogP contribution in [0.15, 0.2) is 94.4 Å². The molecule has 0 radical (unpaired) electrons. The van der Waals surface area contributed by atoms with Crippen molar-refractivity contribution in [1.82, 2.24) is 4.98 Å². The van der Waals surface area contributed by atoms with E-state index in [9.17, 15) is 23.2 Å². The molecule has 4 nitrogen and oxygen atoms in total. The first-order chi connectivity index (χ1) is 17.2. The molecule has 0 bridgehead atoms. The molecule has 1 amide bonds. The zero-order chi connectivity index (χ0) is 25.7. The molecule has 0 aliphatic heterocycles. The maximum atomic E-state index is 13.4. The number of benzene rings is 3. The Labute approximate surface area is 218 Å². The second-order valence-corrected chi connectivity index (χ2v) is 9.52. The van der Waals surface area contributed by atoms with Crippen LogP contribution in [0.1, 0.15) is 11.1 Å². The lowest BCUT2D eigenvalue weighted by molar-refractivity contribution is -0.137. The number of anilines is 1. The quantitative estimate of drug-likeness (QED) is 0.241. The van der Waals surface area contributed by atoms with Crippen molar-refractivity contribution in [2.45, 2.75) is 11.2 Å². The van der Waals surface area contributed by atoms with Crippen LogP contribution in [0.25, 0.3) is 22.4 Å². The Morgan fingerprint density at radius 3 is 2.36 bits per heavy atom. The number of rotatable bonds is 6. The standard InChI is InChI=1S/C27H17BrF3N3OS/c28-20-11-9-17(10-12-20)24-14-22(18-5-4-6-19(13-18)27(29,30)31)23(15-32)26(34-24)36-16-25(35)33-21-7-2-1-3-8-21/h1-14H,16H2,(H,33,35). The predicted molar refractivity (Wildman–Crippen MR) is 138 cm³/mol. The van der Waals surface area contributed by atoms with Crippen LogP contribution in [0.3, 0.4) is 0 Å². The smallest absolute Gasteiger partial charge is 0.325 e. The summed E-state index contributed by atoms with van der Waals surface area (Å²) in [6, 6.07) is 24.7. The molecular formula is C27H17BrF3N3OS. The summed E-state index contributed by atoms with van der Waals surface area (Å²) in [7, 11) is 0. The zero-order valence-corrected chi connectivity index (χ0v) is 20.9. The largest absolute Gasteiger partial charge is 0.416 e. The molecular weight excluding hydrogens is 551 g/mol. The number of nitrogens with zero attached hydrogens (tertiary/aromatic N) is 2. The van der Waals surface area contributed by atoms with E-state index in [1.54, 1.807) is 30.3 Å². The Morgan fingerprint density at radius 1 is 0.972 bits per heavy atom. The fourth-order valence-corrected chi connectivity index (χ4v) is 4.51. The molecule has 0 aliphatic rings. The van der Waals surface area contributed by atoms with E-state index in [4.69, 9.17) is 0 Å². The van der Waals surface area contributed by atoms with Gasteiger partial charge in [-0.2, -0.15) is 18.4 Å². The average Bonchev–Trinajstić information content (AvgIpc) is 2.87. The molecule has 1 heterocycles. The number of nitriles is 1. The van der Waals surface area contributed by atoms with Crippen molar-refractivity contribution in [2.75, 3.05) is 11.1 Å². The first kappa shape index (κ1) is 25.5. The van der Waals surface area contributed by atoms with Gasteiger partial charge in [-0.3, -0.25) is 4.79 Å². The molecule has 4 rings (SSSR count). The molecule has 0 aliphatic carbocycles. The van der Waals surface area contributed by atoms with Crippen molar-refractivity contribution >= 4 is 39.3 Å². The van der Waals surface area contributed by atoms with Crippen LogP contribution in [-0.4, -0.2) is 16.6 Å². The molecule has 4 aromatic rings. The minimum atomic E-state index is -4.53. The summed E-state index contributed by atoms with van der Waals surface area (Å²) in [6.45, 7) is 0. The monoisotopic (exact) mass is 567 g/mol. The topological polar surface area (TPSA) is 65.8 Å². The third kappa shape index (κ3) is 6.14. The van der Waals surface area contributed by atoms with Crippen LogP contribution < -0.4 is 5.32 Å². The summed E-state index contributed by atoms with van der Waals surface area (Å²) in [5.41, 5.74) is 1.64. The summed E-state index contributed by atoms with van der Waals surface area (Å²) < 4.78 is 41.0. The van der Waals surface area contributed by atoms with E-state index in [0.717, 1.165) is 28.4 Å². The molecule has 1 aromatic heterocycles. The predicted octanol–water partition coefficient (Wildman–Crippen LogP) is 7.80. The van der Waals surface area contributed by atoms with Crippen LogP contribution in [0.2, 0.25) is 0 Å². The van der Waals surface area contributed by atoms with Crippen LogP contribution in [0.5, 0.6) is 0 Å². The number of para-hydroxylation sites is 1. The van der Waals surface area contributed by atoms with E-state index < -0.39 is 11.7 Å². The van der Waals surface area contributed by atoms with Crippen molar-refractivity contribution in [1.29, 1.82) is 5.26 Å². The highest BCUT2D eigenvalue weighted by atomic mass is 79.9. The molecule has 0 spiro atoms. The highest BCUT2D eigenvalue weighted by Gasteiger charge is 2.31. The van der Waals surface area contributed by atoms with Crippen LogP contribution >= 0.6 is 27.7 Å². The fourth-order valence-electron chi connectivity index (χ4n) is 3.45. The van der Waals surface area contributed by atoms with E-state index in [2.05, 4.69) is 32.3 Å². The van der Waals surface area contributed by atoms with Gasteiger partial charge in [0, 0.05) is 21.3 Å². The van der Waals surface area contributed by atoms with Gasteiger partial charge in [0.1, 0.15) is 11.1 Å². The summed E-state index contributed by atoms with van der Waals surface area (Å²) in [5.74, 6) is -0.339. The van der Waals surface area contributed by atoms with Crippen molar-refractivity contribution < 1.29 is 18.0 Å². The molecule has 1 N–H and O–H groups in total. The van der Waals surface area contributed by atoms with Gasteiger partial charge in [-0.05, 0) is 48.0 Å². The Balaban J connectivity index is 1.76. The SMILES string of the molecule is N#Cc1c(-c2cccc(C(F)(F)F)c2)cc(-c2ccc(Br)cc2)nc1SCC(=O)Nc1ccccc1. The third-order valence-corrected chi connectivity index (χ3v) is 6.64. The molecule has 0 saturated heterocycles. The number of hydrogen-bond donors (Lipinski definition) is 1. The Bertz CT molecular complexity index is 1440. The molecule has 3 aromatic carbocycles. The molecule has 9 heteroatoms. The Hall–Kier alpha value is -3.61. The summed E-state index contributed by atoms with van der Waals surface area (Å²) >= 11 is 4.43. The average molecular weight is 568 g/mol. The summed E-state index contributed by atoms with van der Waals surface area (Å²) in [6.07, 6.45) is -4.53. The number of thioether (sulfide) groups is 1. The van der Waals surface area contributed by atoms with Gasteiger partial charge in [0.05, 0.1) is 22.6 Å². The maximum absolute atomic E-state index is 13.4. The highest BCUT2D eigenvalue weighted by Crippen LogP contribution is 2.37. The lowest BCUT2D eigenvalue weighted by atomic mass is 9.97. The lowest BCUT2D eigenvalue weighted by Crippen LogP contribution is -2.14. The zero-order valence-electron chi connectivity index (χ0n) is 18.5. The minimum Gasteiger partial charge on any atom is -0.325 e. The number of alkyl halides is 3. The van der Waals surface area contributed by atoms with E-state index in [-0.39, 0.29) is 27.8 Å². The molecule has 180 valence electrons. The van der Waals surface area contributed by atoms with Crippen LogP contribution in [0, 0.1) is 11.3 Å². The fraction of sp³-hybridized carbons (Fsp3) is 0.0741. The number of pyridine rings is 1. The van der Waals surface area contributed by atoms with Gasteiger partial charge in [0.15, 0.2) is 0 Å². The molecule has 0 atom stereocenters. The van der Waals surface area contributed by atoms with Gasteiger partial charge in [-0.15, -0.1) is 0 Å². The van der Waals surface area contributed by atoms with Gasteiger partial charge < -0.3 is 5.32 Å². The van der Waals surface area contributed by atoms with E-state index in [0.29, 0.717) is 22.5 Å². The number of aromatic nitrogens is 1. The van der Waals surface area contributed by atoms with Gasteiger partial charge in [-0.1, -0.05) is 70.2 Å². The minimum absolute atomic E-state index is 0.0393. The number of carbonyl (C=O) groups is 1. The van der Waals surface area contributed by atoms with Gasteiger partial charge in [-0.25, -0.2) is 4.98 Å². The Morgan fingerprint density at radius 2 is 1.69 bits per heavy atom. The maximum Gasteiger partial charge on any atom is 0.416 e. The molecule has 36 heavy (non-hydrogen) atoms. The first-order valence-corrected chi connectivity index (χ1v) is 12.4. The number of nitrogens with one attached hydrogen (secondary N) is 1. The molecule has 0 saturated carbocycles. The lowest BCUT2D eigenvalue weighted by Gasteiger charge is -2.14. The van der Waals surface area contributed by atoms with Crippen LogP contribution in [0.4, 0.5) is 18.9 Å². The Kier molecular flexibility index (Phi) is 7.77. The summed E-state index contributed by atoms with van der Waals surface area (Å²) in [5, 5.41) is 13.0. The summed E-state index contributed by atoms with van der Waals surface area (Å²) in [4.78, 5) is 17.1. The molecule has 0 unspecified atom stereocenters. The van der Waals surface area contributed by atoms with Gasteiger partial charge in [0.2, 0.25) is 5.91 Å². The third-order valence-electron chi connectivity index (χ3n) is 5.14. The number of hydrogen-bond acceptors (Lipinski definition) is 4. The van der Waals surface area contributed by atoms with Crippen molar-refractivity contribution in [3.8, 4) is 28.5 Å². The van der Waals surface area contributed by atoms with Crippen LogP contribution in [-0.2, 0) is 11.0 Å². The van der Waals surface area contributed by atoms with Crippen molar-refractivity contribution in [3.05, 3.63) is 101 Å². The first-order valence-electron chi connectivity index (χ1n) is 10.6.